The van der Waals surface area contributed by atoms with Gasteiger partial charge in [-0.1, -0.05) is 27.7 Å². The van der Waals surface area contributed by atoms with Gasteiger partial charge in [-0.25, -0.2) is 0 Å². The van der Waals surface area contributed by atoms with Gasteiger partial charge in [-0.3, -0.25) is 4.90 Å². The van der Waals surface area contributed by atoms with Gasteiger partial charge < -0.3 is 5.32 Å². The van der Waals surface area contributed by atoms with Gasteiger partial charge in [-0.15, -0.1) is 0 Å². The van der Waals surface area contributed by atoms with Crippen molar-refractivity contribution in [2.45, 2.75) is 65.2 Å². The minimum atomic E-state index is -4.11. The number of halogens is 3. The van der Waals surface area contributed by atoms with Crippen LogP contribution in [0.15, 0.2) is 0 Å². The van der Waals surface area contributed by atoms with E-state index < -0.39 is 12.7 Å². The summed E-state index contributed by atoms with van der Waals surface area (Å²) in [6, 6.07) is 0.142. The highest BCUT2D eigenvalue weighted by Crippen LogP contribution is 2.40. The fourth-order valence-corrected chi connectivity index (χ4v) is 3.27. The molecule has 0 aromatic rings. The average molecular weight is 280 g/mol. The molecule has 0 aliphatic heterocycles. The van der Waals surface area contributed by atoms with E-state index >= 15 is 0 Å². The van der Waals surface area contributed by atoms with Crippen LogP contribution in [0.4, 0.5) is 13.2 Å². The highest BCUT2D eigenvalue weighted by Gasteiger charge is 2.45. The lowest BCUT2D eigenvalue weighted by Gasteiger charge is -2.38. The van der Waals surface area contributed by atoms with Crippen LogP contribution in [-0.2, 0) is 0 Å². The summed E-state index contributed by atoms with van der Waals surface area (Å²) in [5, 5.41) is 3.40. The smallest absolute Gasteiger partial charge is 0.312 e. The fraction of sp³-hybridized carbons (Fsp3) is 1.00. The number of alkyl halides is 3. The van der Waals surface area contributed by atoms with E-state index in [4.69, 9.17) is 0 Å². The first-order valence-electron chi connectivity index (χ1n) is 7.25. The number of likely N-dealkylation sites (N-methyl/N-ethyl adjacent to an activating group) is 1. The quantitative estimate of drug-likeness (QED) is 0.802. The number of nitrogens with one attached hydrogen (secondary N) is 1. The lowest BCUT2D eigenvalue weighted by atomic mass is 9.86. The first-order chi connectivity index (χ1) is 8.71. The number of hydrogen-bond acceptors (Lipinski definition) is 2. The number of hydrogen-bond donors (Lipinski definition) is 1. The van der Waals surface area contributed by atoms with Crippen molar-refractivity contribution in [3.8, 4) is 0 Å². The van der Waals surface area contributed by atoms with Gasteiger partial charge in [0, 0.05) is 12.1 Å². The number of rotatable bonds is 6. The summed E-state index contributed by atoms with van der Waals surface area (Å²) in [5.74, 6) is 0. The van der Waals surface area contributed by atoms with Crippen molar-refractivity contribution in [3.63, 3.8) is 0 Å². The third kappa shape index (κ3) is 4.63. The first kappa shape index (κ1) is 16.8. The molecule has 1 fully saturated rings. The van der Waals surface area contributed by atoms with Crippen LogP contribution in [0.25, 0.3) is 0 Å². The Morgan fingerprint density at radius 2 is 1.89 bits per heavy atom. The van der Waals surface area contributed by atoms with Crippen molar-refractivity contribution in [2.75, 3.05) is 19.6 Å². The summed E-state index contributed by atoms with van der Waals surface area (Å²) in [4.78, 5) is 1.63. The van der Waals surface area contributed by atoms with Gasteiger partial charge in [-0.2, -0.15) is 13.2 Å². The van der Waals surface area contributed by atoms with E-state index in [1.807, 2.05) is 13.8 Å². The van der Waals surface area contributed by atoms with E-state index in [0.29, 0.717) is 6.54 Å². The maximum atomic E-state index is 12.7. The molecule has 2 nitrogen and oxygen atoms in total. The van der Waals surface area contributed by atoms with Crippen LogP contribution in [-0.4, -0.2) is 42.8 Å². The van der Waals surface area contributed by atoms with Crippen LogP contribution in [0.5, 0.6) is 0 Å². The molecule has 1 aliphatic rings. The van der Waals surface area contributed by atoms with Gasteiger partial charge in [-0.05, 0) is 37.8 Å². The van der Waals surface area contributed by atoms with E-state index in [1.54, 1.807) is 4.90 Å². The van der Waals surface area contributed by atoms with Crippen LogP contribution < -0.4 is 5.32 Å². The zero-order chi connectivity index (χ0) is 14.7. The Labute approximate surface area is 114 Å². The Hall–Kier alpha value is -0.290. The van der Waals surface area contributed by atoms with Gasteiger partial charge in [0.15, 0.2) is 0 Å². The Balaban J connectivity index is 2.82. The summed E-state index contributed by atoms with van der Waals surface area (Å²) in [5.41, 5.74) is 0.0677. The van der Waals surface area contributed by atoms with Crippen LogP contribution in [0.1, 0.15) is 47.0 Å². The summed E-state index contributed by atoms with van der Waals surface area (Å²) in [6.07, 6.45) is -1.53. The predicted octanol–water partition coefficient (Wildman–Crippen LogP) is 3.43. The van der Waals surface area contributed by atoms with Gasteiger partial charge in [0.1, 0.15) is 0 Å². The van der Waals surface area contributed by atoms with Crippen LogP contribution in [0.2, 0.25) is 0 Å². The molecular weight excluding hydrogens is 253 g/mol. The van der Waals surface area contributed by atoms with E-state index in [0.717, 1.165) is 25.8 Å². The molecule has 0 bridgehead atoms. The lowest BCUT2D eigenvalue weighted by Crippen LogP contribution is -2.53. The van der Waals surface area contributed by atoms with E-state index in [-0.39, 0.29) is 17.5 Å². The van der Waals surface area contributed by atoms with Crippen LogP contribution >= 0.6 is 0 Å². The molecule has 0 amide bonds. The Bertz CT molecular complexity index is 276. The summed E-state index contributed by atoms with van der Waals surface area (Å²) < 4.78 is 38.2. The molecule has 0 saturated heterocycles. The van der Waals surface area contributed by atoms with E-state index in [9.17, 15) is 13.2 Å². The molecule has 0 heterocycles. The highest BCUT2D eigenvalue weighted by atomic mass is 19.4. The topological polar surface area (TPSA) is 15.3 Å². The zero-order valence-electron chi connectivity index (χ0n) is 12.5. The molecule has 2 atom stereocenters. The van der Waals surface area contributed by atoms with Gasteiger partial charge in [0.05, 0.1) is 6.54 Å². The molecule has 114 valence electrons. The van der Waals surface area contributed by atoms with Crippen molar-refractivity contribution >= 4 is 0 Å². The van der Waals surface area contributed by atoms with Crippen LogP contribution in [0, 0.1) is 5.41 Å². The monoisotopic (exact) mass is 280 g/mol. The standard InChI is InChI=1S/C14H27F3N2/c1-5-9-19(10-14(15,16)17)11-7-8-13(3,4)12(11)18-6-2/h11-12,18H,5-10H2,1-4H3. The number of nitrogens with zero attached hydrogens (tertiary/aromatic N) is 1. The summed E-state index contributed by atoms with van der Waals surface area (Å²) in [7, 11) is 0. The molecule has 5 heteroatoms. The van der Waals surface area contributed by atoms with Gasteiger partial charge in [0.2, 0.25) is 0 Å². The first-order valence-corrected chi connectivity index (χ1v) is 7.25. The van der Waals surface area contributed by atoms with Crippen LogP contribution in [0.3, 0.4) is 0 Å². The molecule has 1 saturated carbocycles. The molecule has 19 heavy (non-hydrogen) atoms. The van der Waals surface area contributed by atoms with Crippen molar-refractivity contribution in [2.24, 2.45) is 5.41 Å². The highest BCUT2D eigenvalue weighted by molar-refractivity contribution is 5.01. The Morgan fingerprint density at radius 1 is 1.26 bits per heavy atom. The van der Waals surface area contributed by atoms with E-state index in [2.05, 4.69) is 19.2 Å². The maximum Gasteiger partial charge on any atom is 0.401 e. The molecule has 1 rings (SSSR count). The van der Waals surface area contributed by atoms with Crippen molar-refractivity contribution in [1.29, 1.82) is 0 Å². The van der Waals surface area contributed by atoms with Crippen molar-refractivity contribution < 1.29 is 13.2 Å². The van der Waals surface area contributed by atoms with Crippen molar-refractivity contribution in [1.82, 2.24) is 10.2 Å². The Morgan fingerprint density at radius 3 is 2.37 bits per heavy atom. The molecule has 0 aromatic carbocycles. The average Bonchev–Trinajstić information content (AvgIpc) is 2.53. The normalized spacial score (nSPS) is 27.2. The SMILES string of the molecule is CCCN(CC(F)(F)F)C1CCC(C)(C)C1NCC. The summed E-state index contributed by atoms with van der Waals surface area (Å²) in [6.45, 7) is 8.78. The molecule has 2 unspecified atom stereocenters. The van der Waals surface area contributed by atoms with Gasteiger partial charge >= 0.3 is 6.18 Å². The molecule has 0 aromatic heterocycles. The Kier molecular flexibility index (Phi) is 5.68. The van der Waals surface area contributed by atoms with E-state index in [1.165, 1.54) is 0 Å². The second-order valence-corrected chi connectivity index (χ2v) is 6.22. The fourth-order valence-electron chi connectivity index (χ4n) is 3.27. The lowest BCUT2D eigenvalue weighted by molar-refractivity contribution is -0.152. The van der Waals surface area contributed by atoms with Gasteiger partial charge in [0.25, 0.3) is 0 Å². The molecule has 0 spiro atoms. The second kappa shape index (κ2) is 6.44. The third-order valence-corrected chi connectivity index (χ3v) is 4.10. The molecule has 1 N–H and O–H groups in total. The summed E-state index contributed by atoms with van der Waals surface area (Å²) >= 11 is 0. The predicted molar refractivity (Wildman–Crippen MR) is 72.2 cm³/mol. The minimum Gasteiger partial charge on any atom is -0.312 e. The zero-order valence-corrected chi connectivity index (χ0v) is 12.5. The largest absolute Gasteiger partial charge is 0.401 e. The maximum absolute atomic E-state index is 12.7. The minimum absolute atomic E-state index is 0.00322. The third-order valence-electron chi connectivity index (χ3n) is 4.10. The second-order valence-electron chi connectivity index (χ2n) is 6.22. The molecule has 0 radical (unpaired) electrons. The molecular formula is C14H27F3N2. The van der Waals surface area contributed by atoms with Crippen molar-refractivity contribution in [3.05, 3.63) is 0 Å². The molecule has 1 aliphatic carbocycles.